The fraction of sp³-hybridized carbons (Fsp3) is 0.692. The van der Waals surface area contributed by atoms with Crippen LogP contribution < -0.4 is 5.32 Å². The highest BCUT2D eigenvalue weighted by Gasteiger charge is 2.35. The standard InChI is InChI=1S/C13H22N2O4/c1-5-8-18-12(17)15-7-6-14-9-10(15)11(16)19-13(2,3)4/h5,10,14H,1,6-9H2,2-4H3/t10-/m1/s1. The molecule has 1 saturated heterocycles. The number of nitrogens with zero attached hydrogens (tertiary/aromatic N) is 1. The highest BCUT2D eigenvalue weighted by molar-refractivity contribution is 5.82. The molecule has 19 heavy (non-hydrogen) atoms. The second-order valence-corrected chi connectivity index (χ2v) is 5.31. The van der Waals surface area contributed by atoms with Crippen molar-refractivity contribution in [2.45, 2.75) is 32.4 Å². The molecule has 1 N–H and O–H groups in total. The monoisotopic (exact) mass is 270 g/mol. The molecular weight excluding hydrogens is 248 g/mol. The summed E-state index contributed by atoms with van der Waals surface area (Å²) in [6.45, 7) is 10.4. The quantitative estimate of drug-likeness (QED) is 0.610. The Balaban J connectivity index is 2.69. The number of esters is 1. The molecule has 1 aliphatic heterocycles. The van der Waals surface area contributed by atoms with E-state index in [9.17, 15) is 9.59 Å². The summed E-state index contributed by atoms with van der Waals surface area (Å²) < 4.78 is 10.3. The number of hydrogen-bond acceptors (Lipinski definition) is 5. The molecule has 1 heterocycles. The average molecular weight is 270 g/mol. The molecule has 6 heteroatoms. The molecule has 1 amide bonds. The van der Waals surface area contributed by atoms with Crippen LogP contribution in [-0.4, -0.2) is 54.8 Å². The van der Waals surface area contributed by atoms with Gasteiger partial charge in [0.1, 0.15) is 18.2 Å². The largest absolute Gasteiger partial charge is 0.458 e. The molecule has 0 aromatic rings. The summed E-state index contributed by atoms with van der Waals surface area (Å²) in [5.41, 5.74) is -0.578. The van der Waals surface area contributed by atoms with Gasteiger partial charge >= 0.3 is 12.1 Å². The SMILES string of the molecule is C=CCOC(=O)N1CCNC[C@@H]1C(=O)OC(C)(C)C. The van der Waals surface area contributed by atoms with Crippen molar-refractivity contribution in [3.05, 3.63) is 12.7 Å². The fourth-order valence-corrected chi connectivity index (χ4v) is 1.72. The molecule has 108 valence electrons. The molecule has 0 aromatic heterocycles. The van der Waals surface area contributed by atoms with Crippen LogP contribution in [0.1, 0.15) is 20.8 Å². The first-order valence-electron chi connectivity index (χ1n) is 6.33. The van der Waals surface area contributed by atoms with Crippen LogP contribution in [-0.2, 0) is 14.3 Å². The van der Waals surface area contributed by atoms with Crippen molar-refractivity contribution in [1.29, 1.82) is 0 Å². The van der Waals surface area contributed by atoms with Gasteiger partial charge in [-0.25, -0.2) is 9.59 Å². The predicted molar refractivity (Wildman–Crippen MR) is 70.8 cm³/mol. The Morgan fingerprint density at radius 3 is 2.74 bits per heavy atom. The van der Waals surface area contributed by atoms with Gasteiger partial charge in [0.2, 0.25) is 0 Å². The minimum Gasteiger partial charge on any atom is -0.458 e. The third kappa shape index (κ3) is 4.90. The number of ether oxygens (including phenoxy) is 2. The number of rotatable bonds is 3. The van der Waals surface area contributed by atoms with E-state index in [1.165, 1.54) is 11.0 Å². The molecule has 1 atom stereocenters. The zero-order valence-electron chi connectivity index (χ0n) is 11.8. The van der Waals surface area contributed by atoms with Crippen molar-refractivity contribution in [2.24, 2.45) is 0 Å². The maximum Gasteiger partial charge on any atom is 0.410 e. The second-order valence-electron chi connectivity index (χ2n) is 5.31. The van der Waals surface area contributed by atoms with Crippen molar-refractivity contribution < 1.29 is 19.1 Å². The highest BCUT2D eigenvalue weighted by Crippen LogP contribution is 2.13. The Hall–Kier alpha value is -1.56. The molecule has 1 fully saturated rings. The summed E-state index contributed by atoms with van der Waals surface area (Å²) in [5.74, 6) is -0.421. The van der Waals surface area contributed by atoms with Gasteiger partial charge in [0, 0.05) is 19.6 Å². The van der Waals surface area contributed by atoms with Crippen molar-refractivity contribution in [3.63, 3.8) is 0 Å². The number of hydrogen-bond donors (Lipinski definition) is 1. The second kappa shape index (κ2) is 6.56. The summed E-state index contributed by atoms with van der Waals surface area (Å²) in [6, 6.07) is -0.648. The third-order valence-electron chi connectivity index (χ3n) is 2.48. The van der Waals surface area contributed by atoms with E-state index < -0.39 is 23.7 Å². The Bertz CT molecular complexity index is 349. The van der Waals surface area contributed by atoms with E-state index >= 15 is 0 Å². The Morgan fingerprint density at radius 1 is 1.47 bits per heavy atom. The minimum absolute atomic E-state index is 0.129. The van der Waals surface area contributed by atoms with Gasteiger partial charge in [0.25, 0.3) is 0 Å². The van der Waals surface area contributed by atoms with Crippen molar-refractivity contribution >= 4 is 12.1 Å². The van der Waals surface area contributed by atoms with E-state index in [2.05, 4.69) is 11.9 Å². The minimum atomic E-state index is -0.648. The first-order valence-corrected chi connectivity index (χ1v) is 6.33. The molecule has 0 spiro atoms. The molecule has 0 aromatic carbocycles. The van der Waals surface area contributed by atoms with E-state index in [-0.39, 0.29) is 6.61 Å². The zero-order chi connectivity index (χ0) is 14.5. The summed E-state index contributed by atoms with van der Waals surface area (Å²) in [4.78, 5) is 25.3. The van der Waals surface area contributed by atoms with Crippen LogP contribution in [0.25, 0.3) is 0 Å². The van der Waals surface area contributed by atoms with Gasteiger partial charge in [-0.05, 0) is 20.8 Å². The lowest BCUT2D eigenvalue weighted by Gasteiger charge is -2.35. The number of carbonyl (C=O) groups is 2. The maximum absolute atomic E-state index is 12.1. The first-order chi connectivity index (χ1) is 8.85. The molecule has 0 bridgehead atoms. The molecule has 1 aliphatic rings. The third-order valence-corrected chi connectivity index (χ3v) is 2.48. The summed E-state index contributed by atoms with van der Waals surface area (Å²) in [6.07, 6.45) is 0.972. The summed E-state index contributed by atoms with van der Waals surface area (Å²) in [7, 11) is 0. The van der Waals surface area contributed by atoms with Gasteiger partial charge in [-0.3, -0.25) is 4.90 Å². The van der Waals surface area contributed by atoms with Crippen LogP contribution in [0.5, 0.6) is 0 Å². The van der Waals surface area contributed by atoms with Gasteiger partial charge in [0.15, 0.2) is 0 Å². The van der Waals surface area contributed by atoms with E-state index in [0.717, 1.165) is 0 Å². The Morgan fingerprint density at radius 2 is 2.16 bits per heavy atom. The number of piperazine rings is 1. The van der Waals surface area contributed by atoms with E-state index in [4.69, 9.17) is 9.47 Å². The highest BCUT2D eigenvalue weighted by atomic mass is 16.6. The lowest BCUT2D eigenvalue weighted by molar-refractivity contribution is -0.161. The normalized spacial score (nSPS) is 19.7. The van der Waals surface area contributed by atoms with Gasteiger partial charge in [-0.15, -0.1) is 0 Å². The molecule has 0 radical (unpaired) electrons. The molecule has 0 saturated carbocycles. The first kappa shape index (κ1) is 15.5. The van der Waals surface area contributed by atoms with E-state index in [0.29, 0.717) is 19.6 Å². The lowest BCUT2D eigenvalue weighted by atomic mass is 10.1. The van der Waals surface area contributed by atoms with Gasteiger partial charge < -0.3 is 14.8 Å². The Labute approximate surface area is 113 Å². The smallest absolute Gasteiger partial charge is 0.410 e. The number of amides is 1. The van der Waals surface area contributed by atoms with Crippen molar-refractivity contribution in [1.82, 2.24) is 10.2 Å². The van der Waals surface area contributed by atoms with Gasteiger partial charge in [0.05, 0.1) is 0 Å². The molecule has 0 unspecified atom stereocenters. The topological polar surface area (TPSA) is 67.9 Å². The van der Waals surface area contributed by atoms with Crippen LogP contribution >= 0.6 is 0 Å². The predicted octanol–water partition coefficient (Wildman–Crippen LogP) is 0.924. The van der Waals surface area contributed by atoms with Crippen LogP contribution in [0.3, 0.4) is 0 Å². The van der Waals surface area contributed by atoms with Crippen LogP contribution in [0.4, 0.5) is 4.79 Å². The van der Waals surface area contributed by atoms with Crippen LogP contribution in [0.2, 0.25) is 0 Å². The number of nitrogens with one attached hydrogen (secondary N) is 1. The maximum atomic E-state index is 12.1. The van der Waals surface area contributed by atoms with Crippen molar-refractivity contribution in [2.75, 3.05) is 26.2 Å². The van der Waals surface area contributed by atoms with Crippen LogP contribution in [0.15, 0.2) is 12.7 Å². The average Bonchev–Trinajstić information content (AvgIpc) is 2.34. The fourth-order valence-electron chi connectivity index (χ4n) is 1.72. The Kier molecular flexibility index (Phi) is 5.35. The summed E-state index contributed by atoms with van der Waals surface area (Å²) in [5, 5.41) is 3.07. The molecule has 0 aliphatic carbocycles. The van der Waals surface area contributed by atoms with Gasteiger partial charge in [-0.2, -0.15) is 0 Å². The number of carbonyl (C=O) groups excluding carboxylic acids is 2. The molecule has 1 rings (SSSR count). The lowest BCUT2D eigenvalue weighted by Crippen LogP contribution is -2.58. The zero-order valence-corrected chi connectivity index (χ0v) is 11.8. The summed E-state index contributed by atoms with van der Waals surface area (Å²) >= 11 is 0. The van der Waals surface area contributed by atoms with E-state index in [1.54, 1.807) is 20.8 Å². The van der Waals surface area contributed by atoms with E-state index in [1.807, 2.05) is 0 Å². The van der Waals surface area contributed by atoms with Crippen molar-refractivity contribution in [3.8, 4) is 0 Å². The molecule has 6 nitrogen and oxygen atoms in total. The molecular formula is C13H22N2O4. The van der Waals surface area contributed by atoms with Gasteiger partial charge in [-0.1, -0.05) is 12.7 Å². The van der Waals surface area contributed by atoms with Crippen LogP contribution in [0, 0.1) is 0 Å².